The Bertz CT molecular complexity index is 429. The molecule has 0 N–H and O–H groups in total. The topological polar surface area (TPSA) is 26.3 Å². The number of halogens is 5. The second kappa shape index (κ2) is 7.03. The van der Waals surface area contributed by atoms with Crippen LogP contribution in [0.4, 0.5) is 0 Å². The van der Waals surface area contributed by atoms with Gasteiger partial charge in [-0.1, -0.05) is 6.92 Å². The Hall–Kier alpha value is 1.09. The second-order valence-corrected chi connectivity index (χ2v) is 7.09. The van der Waals surface area contributed by atoms with Gasteiger partial charge in [0.15, 0.2) is 5.75 Å². The molecule has 0 aliphatic carbocycles. The van der Waals surface area contributed by atoms with Crippen molar-refractivity contribution in [3.05, 3.63) is 22.4 Å². The van der Waals surface area contributed by atoms with Gasteiger partial charge in [0.1, 0.15) is 0 Å². The lowest BCUT2D eigenvalue weighted by Crippen LogP contribution is -2.08. The van der Waals surface area contributed by atoms with Crippen molar-refractivity contribution < 1.29 is 9.53 Å². The van der Waals surface area contributed by atoms with Crippen LogP contribution in [0.2, 0.25) is 0 Å². The van der Waals surface area contributed by atoms with E-state index in [9.17, 15) is 4.79 Å². The Morgan fingerprint density at radius 2 is 1.35 bits per heavy atom. The summed E-state index contributed by atoms with van der Waals surface area (Å²) in [6.07, 6.45) is 1.15. The number of carbonyl (C=O) groups excluding carboxylic acids is 1. The van der Waals surface area contributed by atoms with Crippen LogP contribution in [-0.2, 0) is 4.79 Å². The van der Waals surface area contributed by atoms with E-state index in [1.807, 2.05) is 6.92 Å². The fourth-order valence-corrected chi connectivity index (χ4v) is 4.22. The summed E-state index contributed by atoms with van der Waals surface area (Å²) in [7, 11) is 0. The van der Waals surface area contributed by atoms with Crippen LogP contribution in [0.3, 0.4) is 0 Å². The Labute approximate surface area is 142 Å². The maximum Gasteiger partial charge on any atom is 0.311 e. The monoisotopic (exact) mass is 554 g/mol. The van der Waals surface area contributed by atoms with Gasteiger partial charge in [-0.2, -0.15) is 0 Å². The highest BCUT2D eigenvalue weighted by atomic mass is 79.9. The van der Waals surface area contributed by atoms with Crippen LogP contribution >= 0.6 is 79.6 Å². The molecule has 1 aromatic carbocycles. The van der Waals surface area contributed by atoms with E-state index in [1.165, 1.54) is 0 Å². The smallest absolute Gasteiger partial charge is 0.311 e. The molecule has 0 aliphatic heterocycles. The summed E-state index contributed by atoms with van der Waals surface area (Å²) in [4.78, 5) is 11.5. The minimum atomic E-state index is -0.255. The molecule has 0 aliphatic rings. The van der Waals surface area contributed by atoms with Crippen molar-refractivity contribution in [3.63, 3.8) is 0 Å². The van der Waals surface area contributed by atoms with Crippen molar-refractivity contribution in [1.82, 2.24) is 0 Å². The molecule has 94 valence electrons. The molecule has 0 fully saturated rings. The van der Waals surface area contributed by atoms with Gasteiger partial charge < -0.3 is 4.74 Å². The normalized spacial score (nSPS) is 10.5. The van der Waals surface area contributed by atoms with E-state index in [-0.39, 0.29) is 5.97 Å². The number of hydrogen-bond donors (Lipinski definition) is 0. The molecular formula is C10H7Br5O2. The van der Waals surface area contributed by atoms with Crippen molar-refractivity contribution in [1.29, 1.82) is 0 Å². The zero-order valence-electron chi connectivity index (χ0n) is 8.62. The quantitative estimate of drug-likeness (QED) is 0.191. The standard InChI is InChI=1S/C10H7Br5O2/c1-2-3-4(16)17-10-8(14)6(12)5(11)7(13)9(10)15/h2-3H2,1H3. The van der Waals surface area contributed by atoms with Crippen LogP contribution in [0.5, 0.6) is 5.75 Å². The molecule has 0 bridgehead atoms. The highest BCUT2D eigenvalue weighted by Crippen LogP contribution is 2.48. The molecule has 0 saturated heterocycles. The van der Waals surface area contributed by atoms with Gasteiger partial charge in [0.05, 0.1) is 17.9 Å². The number of ether oxygens (including phenoxy) is 1. The molecule has 0 atom stereocenters. The van der Waals surface area contributed by atoms with E-state index in [4.69, 9.17) is 4.74 Å². The third kappa shape index (κ3) is 3.78. The molecule has 2 nitrogen and oxygen atoms in total. The Balaban J connectivity index is 3.20. The molecule has 0 unspecified atom stereocenters. The molecule has 17 heavy (non-hydrogen) atoms. The molecule has 0 amide bonds. The number of benzene rings is 1. The zero-order valence-corrected chi connectivity index (χ0v) is 16.6. The van der Waals surface area contributed by atoms with Gasteiger partial charge in [-0.15, -0.1) is 0 Å². The van der Waals surface area contributed by atoms with Crippen LogP contribution in [0.1, 0.15) is 19.8 Å². The molecule has 0 saturated carbocycles. The largest absolute Gasteiger partial charge is 0.424 e. The van der Waals surface area contributed by atoms with Gasteiger partial charge in [-0.05, 0) is 86.1 Å². The fraction of sp³-hybridized carbons (Fsp3) is 0.300. The first-order valence-corrected chi connectivity index (χ1v) is 8.58. The van der Waals surface area contributed by atoms with Crippen LogP contribution in [0.25, 0.3) is 0 Å². The SMILES string of the molecule is CCCC(=O)Oc1c(Br)c(Br)c(Br)c(Br)c1Br. The molecule has 7 heteroatoms. The van der Waals surface area contributed by atoms with Crippen LogP contribution in [-0.4, -0.2) is 5.97 Å². The van der Waals surface area contributed by atoms with Crippen molar-refractivity contribution in [2.24, 2.45) is 0 Å². The lowest BCUT2D eigenvalue weighted by atomic mass is 10.3. The number of carbonyl (C=O) groups is 1. The van der Waals surface area contributed by atoms with Crippen molar-refractivity contribution in [2.45, 2.75) is 19.8 Å². The lowest BCUT2D eigenvalue weighted by Gasteiger charge is -2.13. The summed E-state index contributed by atoms with van der Waals surface area (Å²) in [6, 6.07) is 0. The van der Waals surface area contributed by atoms with E-state index in [1.54, 1.807) is 0 Å². The lowest BCUT2D eigenvalue weighted by molar-refractivity contribution is -0.134. The Morgan fingerprint density at radius 3 is 1.76 bits per heavy atom. The minimum absolute atomic E-state index is 0.255. The van der Waals surface area contributed by atoms with Gasteiger partial charge in [-0.3, -0.25) is 4.79 Å². The zero-order chi connectivity index (χ0) is 13.2. The van der Waals surface area contributed by atoms with E-state index in [0.717, 1.165) is 19.8 Å². The van der Waals surface area contributed by atoms with Gasteiger partial charge in [0.2, 0.25) is 0 Å². The Morgan fingerprint density at radius 1 is 0.941 bits per heavy atom. The third-order valence-corrected chi connectivity index (χ3v) is 7.86. The van der Waals surface area contributed by atoms with Crippen molar-refractivity contribution in [3.8, 4) is 5.75 Å². The highest BCUT2D eigenvalue weighted by molar-refractivity contribution is 9.15. The first kappa shape index (κ1) is 16.1. The van der Waals surface area contributed by atoms with Gasteiger partial charge in [0.25, 0.3) is 0 Å². The summed E-state index contributed by atoms with van der Waals surface area (Å²) >= 11 is 17.0. The third-order valence-electron chi connectivity index (χ3n) is 1.84. The van der Waals surface area contributed by atoms with E-state index < -0.39 is 0 Å². The number of esters is 1. The molecule has 0 aromatic heterocycles. The van der Waals surface area contributed by atoms with Gasteiger partial charge >= 0.3 is 5.97 Å². The molecule has 0 heterocycles. The molecule has 1 aromatic rings. The maximum absolute atomic E-state index is 11.5. The van der Waals surface area contributed by atoms with E-state index in [2.05, 4.69) is 79.6 Å². The average Bonchev–Trinajstić information content (AvgIpc) is 2.30. The number of rotatable bonds is 3. The highest BCUT2D eigenvalue weighted by Gasteiger charge is 2.20. The first-order chi connectivity index (χ1) is 7.90. The Kier molecular flexibility index (Phi) is 6.67. The molecule has 1 rings (SSSR count). The fourth-order valence-electron chi connectivity index (χ4n) is 1.04. The summed E-state index contributed by atoms with van der Waals surface area (Å²) in [5.74, 6) is 0.209. The van der Waals surface area contributed by atoms with E-state index in [0.29, 0.717) is 21.1 Å². The number of hydrogen-bond acceptors (Lipinski definition) is 2. The molecule has 0 radical (unpaired) electrons. The van der Waals surface area contributed by atoms with Crippen LogP contribution in [0.15, 0.2) is 22.4 Å². The van der Waals surface area contributed by atoms with Crippen LogP contribution in [0, 0.1) is 0 Å². The van der Waals surface area contributed by atoms with Gasteiger partial charge in [0, 0.05) is 10.9 Å². The first-order valence-electron chi connectivity index (χ1n) is 4.62. The average molecular weight is 559 g/mol. The van der Waals surface area contributed by atoms with E-state index >= 15 is 0 Å². The van der Waals surface area contributed by atoms with Crippen molar-refractivity contribution in [2.75, 3.05) is 0 Å². The minimum Gasteiger partial charge on any atom is -0.424 e. The molecular weight excluding hydrogens is 552 g/mol. The predicted octanol–water partition coefficient (Wildman–Crippen LogP) is 6.20. The van der Waals surface area contributed by atoms with Crippen LogP contribution < -0.4 is 4.74 Å². The summed E-state index contributed by atoms with van der Waals surface area (Å²) in [5.41, 5.74) is 0. The summed E-state index contributed by atoms with van der Waals surface area (Å²) in [6.45, 7) is 1.93. The second-order valence-electron chi connectivity index (χ2n) is 3.12. The predicted molar refractivity (Wildman–Crippen MR) is 85.5 cm³/mol. The summed E-state index contributed by atoms with van der Waals surface area (Å²) < 4.78 is 9.10. The van der Waals surface area contributed by atoms with Crippen molar-refractivity contribution >= 4 is 85.6 Å². The summed E-state index contributed by atoms with van der Waals surface area (Å²) in [5, 5.41) is 0. The molecule has 0 spiro atoms. The van der Waals surface area contributed by atoms with Gasteiger partial charge in [-0.25, -0.2) is 0 Å². The maximum atomic E-state index is 11.5.